The van der Waals surface area contributed by atoms with Crippen LogP contribution in [0.5, 0.6) is 5.75 Å². The van der Waals surface area contributed by atoms with Gasteiger partial charge in [0.25, 0.3) is 0 Å². The fourth-order valence-corrected chi connectivity index (χ4v) is 1.37. The normalized spacial score (nSPS) is 11.3. The van der Waals surface area contributed by atoms with Gasteiger partial charge in [0.2, 0.25) is 17.4 Å². The third kappa shape index (κ3) is 5.85. The Hall–Kier alpha value is -2.16. The number of ether oxygens (including phenoxy) is 3. The summed E-state index contributed by atoms with van der Waals surface area (Å²) in [4.78, 5) is 22.6. The number of carbonyl (C=O) groups excluding carboxylic acids is 2. The topological polar surface area (TPSA) is 61.8 Å². The van der Waals surface area contributed by atoms with E-state index in [4.69, 9.17) is 4.74 Å². The molecule has 0 fully saturated rings. The van der Waals surface area contributed by atoms with Gasteiger partial charge in [0.1, 0.15) is 18.8 Å². The van der Waals surface area contributed by atoms with E-state index in [1.54, 1.807) is 20.8 Å². The Morgan fingerprint density at radius 2 is 1.43 bits per heavy atom. The molecule has 0 bridgehead atoms. The molecule has 0 aliphatic heterocycles. The lowest BCUT2D eigenvalue weighted by Gasteiger charge is -2.19. The standard InChI is InChI=1S/C14H14F4O5/c1-14(2,3)23-10(20)6-21-5-9(19)22-13-11(17)7(15)4-8(16)12(13)18/h4H,5-6H2,1-3H3. The third-order valence-corrected chi connectivity index (χ3v) is 2.15. The second-order valence-corrected chi connectivity index (χ2v) is 5.35. The van der Waals surface area contributed by atoms with Gasteiger partial charge in [-0.2, -0.15) is 8.78 Å². The molecule has 5 nitrogen and oxygen atoms in total. The molecule has 0 unspecified atom stereocenters. The molecule has 0 heterocycles. The number of hydrogen-bond donors (Lipinski definition) is 0. The van der Waals surface area contributed by atoms with Crippen LogP contribution in [0.15, 0.2) is 6.07 Å². The van der Waals surface area contributed by atoms with Gasteiger partial charge in [-0.25, -0.2) is 18.4 Å². The lowest BCUT2D eigenvalue weighted by Crippen LogP contribution is -2.28. The van der Waals surface area contributed by atoms with Crippen molar-refractivity contribution < 1.29 is 41.4 Å². The number of esters is 2. The third-order valence-electron chi connectivity index (χ3n) is 2.15. The summed E-state index contributed by atoms with van der Waals surface area (Å²) >= 11 is 0. The van der Waals surface area contributed by atoms with Crippen LogP contribution in [0.25, 0.3) is 0 Å². The molecule has 0 amide bonds. The van der Waals surface area contributed by atoms with Gasteiger partial charge in [0.15, 0.2) is 11.6 Å². The molecule has 0 radical (unpaired) electrons. The van der Waals surface area contributed by atoms with Gasteiger partial charge in [-0.1, -0.05) is 0 Å². The first-order valence-electron chi connectivity index (χ1n) is 6.34. The highest BCUT2D eigenvalue weighted by Crippen LogP contribution is 2.26. The van der Waals surface area contributed by atoms with Crippen LogP contribution in [0.4, 0.5) is 17.6 Å². The van der Waals surface area contributed by atoms with Crippen molar-refractivity contribution in [2.24, 2.45) is 0 Å². The average Bonchev–Trinajstić information content (AvgIpc) is 2.39. The molecule has 9 heteroatoms. The van der Waals surface area contributed by atoms with Crippen LogP contribution in [0.1, 0.15) is 20.8 Å². The van der Waals surface area contributed by atoms with Crippen LogP contribution in [0, 0.1) is 23.3 Å². The molecule has 0 N–H and O–H groups in total. The summed E-state index contributed by atoms with van der Waals surface area (Å²) < 4.78 is 66.1. The van der Waals surface area contributed by atoms with E-state index in [0.29, 0.717) is 0 Å². The monoisotopic (exact) mass is 338 g/mol. The Balaban J connectivity index is 2.57. The highest BCUT2D eigenvalue weighted by molar-refractivity contribution is 5.75. The Bertz CT molecular complexity index is 584. The molecular weight excluding hydrogens is 324 g/mol. The molecular formula is C14H14F4O5. The van der Waals surface area contributed by atoms with Gasteiger partial charge >= 0.3 is 11.9 Å². The molecule has 0 saturated carbocycles. The van der Waals surface area contributed by atoms with Gasteiger partial charge < -0.3 is 14.2 Å². The van der Waals surface area contributed by atoms with E-state index < -0.39 is 59.8 Å². The molecule has 23 heavy (non-hydrogen) atoms. The molecule has 1 aromatic carbocycles. The summed E-state index contributed by atoms with van der Waals surface area (Å²) in [6.07, 6.45) is 0. The molecule has 0 saturated heterocycles. The Labute approximate surface area is 129 Å². The number of rotatable bonds is 5. The molecule has 0 atom stereocenters. The number of halogens is 4. The SMILES string of the molecule is CC(C)(C)OC(=O)COCC(=O)Oc1c(F)c(F)cc(F)c1F. The minimum Gasteiger partial charge on any atom is -0.458 e. The Morgan fingerprint density at radius 1 is 0.957 bits per heavy atom. The minimum absolute atomic E-state index is 0.0268. The minimum atomic E-state index is -1.86. The predicted molar refractivity (Wildman–Crippen MR) is 68.6 cm³/mol. The van der Waals surface area contributed by atoms with E-state index in [2.05, 4.69) is 9.47 Å². The molecule has 0 aliphatic carbocycles. The van der Waals surface area contributed by atoms with Crippen molar-refractivity contribution in [3.63, 3.8) is 0 Å². The van der Waals surface area contributed by atoms with Crippen molar-refractivity contribution >= 4 is 11.9 Å². The Morgan fingerprint density at radius 3 is 1.91 bits per heavy atom. The summed E-state index contributed by atoms with van der Waals surface area (Å²) in [6.45, 7) is 3.35. The smallest absolute Gasteiger partial charge is 0.337 e. The molecule has 1 rings (SSSR count). The zero-order valence-corrected chi connectivity index (χ0v) is 12.5. The summed E-state index contributed by atoms with van der Waals surface area (Å²) in [6, 6.07) is -0.0268. The lowest BCUT2D eigenvalue weighted by molar-refractivity contribution is -0.161. The molecule has 1 aromatic rings. The largest absolute Gasteiger partial charge is 0.458 e. The van der Waals surface area contributed by atoms with Crippen LogP contribution in [0.3, 0.4) is 0 Å². The van der Waals surface area contributed by atoms with E-state index in [1.807, 2.05) is 0 Å². The van der Waals surface area contributed by atoms with Crippen LogP contribution < -0.4 is 4.74 Å². The molecule has 0 aliphatic rings. The summed E-state index contributed by atoms with van der Waals surface area (Å²) in [5.74, 6) is -10.8. The number of carbonyl (C=O) groups is 2. The van der Waals surface area contributed by atoms with Crippen molar-refractivity contribution in [2.45, 2.75) is 26.4 Å². The summed E-state index contributed by atoms with van der Waals surface area (Å²) in [5, 5.41) is 0. The van der Waals surface area contributed by atoms with Crippen LogP contribution in [-0.4, -0.2) is 30.8 Å². The fraction of sp³-hybridized carbons (Fsp3) is 0.429. The average molecular weight is 338 g/mol. The van der Waals surface area contributed by atoms with Gasteiger partial charge in [0, 0.05) is 6.07 Å². The van der Waals surface area contributed by atoms with E-state index in [1.165, 1.54) is 0 Å². The van der Waals surface area contributed by atoms with Crippen molar-refractivity contribution in [1.82, 2.24) is 0 Å². The van der Waals surface area contributed by atoms with Crippen LogP contribution in [0.2, 0.25) is 0 Å². The van der Waals surface area contributed by atoms with E-state index in [0.717, 1.165) is 0 Å². The van der Waals surface area contributed by atoms with Gasteiger partial charge in [-0.15, -0.1) is 0 Å². The summed E-state index contributed by atoms with van der Waals surface area (Å²) in [5.41, 5.74) is -0.758. The maximum Gasteiger partial charge on any atom is 0.337 e. The predicted octanol–water partition coefficient (Wildman–Crippen LogP) is 2.51. The van der Waals surface area contributed by atoms with E-state index >= 15 is 0 Å². The van der Waals surface area contributed by atoms with Gasteiger partial charge in [-0.3, -0.25) is 0 Å². The second kappa shape index (κ2) is 7.40. The second-order valence-electron chi connectivity index (χ2n) is 5.35. The lowest BCUT2D eigenvalue weighted by atomic mass is 10.2. The van der Waals surface area contributed by atoms with Crippen molar-refractivity contribution in [2.75, 3.05) is 13.2 Å². The maximum absolute atomic E-state index is 13.3. The van der Waals surface area contributed by atoms with Gasteiger partial charge in [0.05, 0.1) is 0 Å². The maximum atomic E-state index is 13.3. The van der Waals surface area contributed by atoms with Crippen LogP contribution in [-0.2, 0) is 19.1 Å². The molecule has 0 spiro atoms. The molecule has 128 valence electrons. The highest BCUT2D eigenvalue weighted by atomic mass is 19.2. The fourth-order valence-electron chi connectivity index (χ4n) is 1.37. The van der Waals surface area contributed by atoms with Crippen molar-refractivity contribution in [1.29, 1.82) is 0 Å². The van der Waals surface area contributed by atoms with Gasteiger partial charge in [-0.05, 0) is 20.8 Å². The zero-order valence-electron chi connectivity index (χ0n) is 12.5. The van der Waals surface area contributed by atoms with E-state index in [9.17, 15) is 27.2 Å². The number of benzene rings is 1. The first kappa shape index (κ1) is 18.9. The summed E-state index contributed by atoms with van der Waals surface area (Å²) in [7, 11) is 0. The van der Waals surface area contributed by atoms with Crippen molar-refractivity contribution in [3.8, 4) is 5.75 Å². The van der Waals surface area contributed by atoms with E-state index in [-0.39, 0.29) is 6.07 Å². The quantitative estimate of drug-likeness (QED) is 0.357. The molecule has 0 aromatic heterocycles. The zero-order chi connectivity index (χ0) is 17.8. The highest BCUT2D eigenvalue weighted by Gasteiger charge is 2.23. The first-order valence-corrected chi connectivity index (χ1v) is 6.34. The number of hydrogen-bond acceptors (Lipinski definition) is 5. The first-order chi connectivity index (χ1) is 10.5. The van der Waals surface area contributed by atoms with Crippen molar-refractivity contribution in [3.05, 3.63) is 29.3 Å². The van der Waals surface area contributed by atoms with Crippen LogP contribution >= 0.6 is 0 Å². The Kier molecular flexibility index (Phi) is 6.08.